The Morgan fingerprint density at radius 1 is 1.17 bits per heavy atom. The first kappa shape index (κ1) is 23.1. The average molecular weight is 409 g/mol. The Morgan fingerprint density at radius 2 is 1.79 bits per heavy atom. The van der Waals surface area contributed by atoms with Crippen LogP contribution in [0.1, 0.15) is 26.3 Å². The second-order valence-electron chi connectivity index (χ2n) is 8.56. The van der Waals surface area contributed by atoms with Gasteiger partial charge in [0.25, 0.3) is 0 Å². The fraction of sp³-hybridized carbons (Fsp3) is 0.619. The lowest BCUT2D eigenvalue weighted by Crippen LogP contribution is -2.51. The van der Waals surface area contributed by atoms with Crippen LogP contribution in [0.25, 0.3) is 0 Å². The number of hydrogen-bond acceptors (Lipinski definition) is 5. The molecule has 2 rings (SSSR count). The van der Waals surface area contributed by atoms with Gasteiger partial charge in [-0.05, 0) is 39.0 Å². The van der Waals surface area contributed by atoms with Gasteiger partial charge in [0, 0.05) is 50.9 Å². The zero-order valence-electron chi connectivity index (χ0n) is 18.1. The minimum Gasteiger partial charge on any atom is -0.496 e. The number of piperazine rings is 1. The van der Waals surface area contributed by atoms with Gasteiger partial charge in [0.15, 0.2) is 0 Å². The monoisotopic (exact) mass is 408 g/mol. The minimum absolute atomic E-state index is 0.0510. The van der Waals surface area contributed by atoms with Crippen molar-refractivity contribution in [2.24, 2.45) is 0 Å². The third-order valence-electron chi connectivity index (χ3n) is 4.78. The lowest BCUT2D eigenvalue weighted by molar-refractivity contribution is -0.136. The van der Waals surface area contributed by atoms with Crippen molar-refractivity contribution in [3.63, 3.8) is 0 Å². The predicted octanol–water partition coefficient (Wildman–Crippen LogP) is 1.33. The van der Waals surface area contributed by atoms with E-state index in [0.29, 0.717) is 12.3 Å². The van der Waals surface area contributed by atoms with Gasteiger partial charge < -0.3 is 15.0 Å². The molecule has 1 aliphatic rings. The molecule has 29 heavy (non-hydrogen) atoms. The summed E-state index contributed by atoms with van der Waals surface area (Å²) >= 11 is 0. The third kappa shape index (κ3) is 7.62. The highest BCUT2D eigenvalue weighted by Gasteiger charge is 2.23. The molecule has 0 bridgehead atoms. The van der Waals surface area contributed by atoms with E-state index in [0.717, 1.165) is 31.7 Å². The molecule has 1 aromatic rings. The van der Waals surface area contributed by atoms with Crippen LogP contribution in [-0.4, -0.2) is 85.5 Å². The van der Waals surface area contributed by atoms with Crippen molar-refractivity contribution in [1.82, 2.24) is 20.0 Å². The molecule has 1 fully saturated rings. The molecule has 0 unspecified atom stereocenters. The maximum Gasteiger partial charge on any atom is 0.240 e. The number of carbonyl (C=O) groups is 2. The van der Waals surface area contributed by atoms with E-state index in [2.05, 4.69) is 15.1 Å². The van der Waals surface area contributed by atoms with Crippen molar-refractivity contribution in [3.8, 4) is 5.75 Å². The number of nitrogens with zero attached hydrogens (tertiary/aromatic N) is 3. The van der Waals surface area contributed by atoms with E-state index < -0.39 is 0 Å². The van der Waals surface area contributed by atoms with E-state index >= 15 is 0 Å². The summed E-state index contributed by atoms with van der Waals surface area (Å²) in [5.74, 6) is 0.166. The molecule has 7 nitrogen and oxygen atoms in total. The summed E-state index contributed by atoms with van der Waals surface area (Å²) in [6.45, 7) is 9.71. The van der Waals surface area contributed by atoms with Gasteiger partial charge in [-0.1, -0.05) is 0 Å². The third-order valence-corrected chi connectivity index (χ3v) is 4.78. The zero-order valence-corrected chi connectivity index (χ0v) is 18.1. The van der Waals surface area contributed by atoms with Crippen molar-refractivity contribution in [3.05, 3.63) is 29.6 Å². The summed E-state index contributed by atoms with van der Waals surface area (Å²) in [4.78, 5) is 30.2. The maximum absolute atomic E-state index is 13.5. The number of ether oxygens (including phenoxy) is 1. The molecule has 1 N–H and O–H groups in total. The number of benzene rings is 1. The van der Waals surface area contributed by atoms with E-state index in [1.54, 1.807) is 20.2 Å². The number of likely N-dealkylation sites (N-methyl/N-ethyl adjacent to an activating group) is 1. The number of amides is 2. The van der Waals surface area contributed by atoms with Gasteiger partial charge in [-0.15, -0.1) is 0 Å². The van der Waals surface area contributed by atoms with Crippen molar-refractivity contribution in [1.29, 1.82) is 0 Å². The van der Waals surface area contributed by atoms with E-state index in [9.17, 15) is 14.0 Å². The Balaban J connectivity index is 1.78. The molecule has 0 aliphatic carbocycles. The van der Waals surface area contributed by atoms with Gasteiger partial charge in [-0.2, -0.15) is 0 Å². The summed E-state index contributed by atoms with van der Waals surface area (Å²) in [6.07, 6.45) is 0. The summed E-state index contributed by atoms with van der Waals surface area (Å²) in [5, 5.41) is 2.86. The van der Waals surface area contributed by atoms with Crippen LogP contribution in [0.15, 0.2) is 18.2 Å². The molecule has 1 heterocycles. The second kappa shape index (κ2) is 10.0. The highest BCUT2D eigenvalue weighted by Crippen LogP contribution is 2.21. The fourth-order valence-electron chi connectivity index (χ4n) is 3.29. The fourth-order valence-corrected chi connectivity index (χ4v) is 3.29. The number of hydrogen-bond donors (Lipinski definition) is 1. The zero-order chi connectivity index (χ0) is 21.6. The van der Waals surface area contributed by atoms with Gasteiger partial charge in [-0.25, -0.2) is 4.39 Å². The Hall–Kier alpha value is -2.19. The van der Waals surface area contributed by atoms with Gasteiger partial charge in [0.1, 0.15) is 11.6 Å². The largest absolute Gasteiger partial charge is 0.496 e. The molecule has 0 radical (unpaired) electrons. The molecular weight excluding hydrogens is 375 g/mol. The summed E-state index contributed by atoms with van der Waals surface area (Å²) in [6, 6.07) is 4.54. The van der Waals surface area contributed by atoms with E-state index in [4.69, 9.17) is 4.74 Å². The van der Waals surface area contributed by atoms with Crippen molar-refractivity contribution >= 4 is 11.8 Å². The number of nitrogens with one attached hydrogen (secondary N) is 1. The van der Waals surface area contributed by atoms with Crippen molar-refractivity contribution in [2.75, 3.05) is 53.4 Å². The van der Waals surface area contributed by atoms with Crippen molar-refractivity contribution in [2.45, 2.75) is 32.9 Å². The molecule has 1 aromatic carbocycles. The maximum atomic E-state index is 13.5. The second-order valence-corrected chi connectivity index (χ2v) is 8.56. The SMILES string of the molecule is COc1ccc(F)cc1CN1CCN(CC(=O)N(C)CC(=O)NC(C)(C)C)CC1. The van der Waals surface area contributed by atoms with Crippen LogP contribution in [0.5, 0.6) is 5.75 Å². The van der Waals surface area contributed by atoms with Crippen LogP contribution in [0.3, 0.4) is 0 Å². The minimum atomic E-state index is -0.318. The Morgan fingerprint density at radius 3 is 2.38 bits per heavy atom. The molecule has 0 aromatic heterocycles. The molecule has 0 saturated carbocycles. The van der Waals surface area contributed by atoms with Gasteiger partial charge in [0.2, 0.25) is 11.8 Å². The first-order valence-electron chi connectivity index (χ1n) is 9.89. The van der Waals surface area contributed by atoms with E-state index in [-0.39, 0.29) is 36.3 Å². The summed E-state index contributed by atoms with van der Waals surface area (Å²) < 4.78 is 18.9. The van der Waals surface area contributed by atoms with Crippen LogP contribution in [0.4, 0.5) is 4.39 Å². The Bertz CT molecular complexity index is 712. The standard InChI is InChI=1S/C21H33FN4O3/c1-21(2,3)23-19(27)14-24(4)20(28)15-26-10-8-25(9-11-26)13-16-12-17(22)6-7-18(16)29-5/h6-7,12H,8-11,13-15H2,1-5H3,(H,23,27). The van der Waals surface area contributed by atoms with E-state index in [1.165, 1.54) is 17.0 Å². The normalized spacial score (nSPS) is 15.8. The lowest BCUT2D eigenvalue weighted by atomic mass is 10.1. The van der Waals surface area contributed by atoms with Crippen LogP contribution < -0.4 is 10.1 Å². The highest BCUT2D eigenvalue weighted by atomic mass is 19.1. The first-order valence-corrected chi connectivity index (χ1v) is 9.89. The van der Waals surface area contributed by atoms with Crippen LogP contribution in [0.2, 0.25) is 0 Å². The average Bonchev–Trinajstić information content (AvgIpc) is 2.62. The molecule has 0 spiro atoms. The van der Waals surface area contributed by atoms with E-state index in [1.807, 2.05) is 20.8 Å². The van der Waals surface area contributed by atoms with Gasteiger partial charge >= 0.3 is 0 Å². The smallest absolute Gasteiger partial charge is 0.240 e. The van der Waals surface area contributed by atoms with Crippen LogP contribution in [-0.2, 0) is 16.1 Å². The molecular formula is C21H33FN4O3. The Labute approximate surface area is 172 Å². The summed E-state index contributed by atoms with van der Waals surface area (Å²) in [5.41, 5.74) is 0.503. The molecule has 1 aliphatic heterocycles. The van der Waals surface area contributed by atoms with Crippen LogP contribution in [0, 0.1) is 5.82 Å². The van der Waals surface area contributed by atoms with Gasteiger partial charge in [-0.3, -0.25) is 19.4 Å². The number of rotatable bonds is 7. The molecule has 162 valence electrons. The number of carbonyl (C=O) groups excluding carboxylic acids is 2. The molecule has 1 saturated heterocycles. The quantitative estimate of drug-likeness (QED) is 0.737. The molecule has 8 heteroatoms. The van der Waals surface area contributed by atoms with Crippen LogP contribution >= 0.6 is 0 Å². The predicted molar refractivity (Wildman–Crippen MR) is 110 cm³/mol. The molecule has 0 atom stereocenters. The number of methoxy groups -OCH3 is 1. The Kier molecular flexibility index (Phi) is 7.98. The highest BCUT2D eigenvalue weighted by molar-refractivity contribution is 5.85. The molecule has 2 amide bonds. The van der Waals surface area contributed by atoms with Gasteiger partial charge in [0.05, 0.1) is 20.2 Å². The number of halogens is 1. The first-order chi connectivity index (χ1) is 13.6. The lowest BCUT2D eigenvalue weighted by Gasteiger charge is -2.35. The van der Waals surface area contributed by atoms with Crippen molar-refractivity contribution < 1.29 is 18.7 Å². The summed E-state index contributed by atoms with van der Waals surface area (Å²) in [7, 11) is 3.23. The topological polar surface area (TPSA) is 65.1 Å².